The molecule has 4 rings (SSSR count). The van der Waals surface area contributed by atoms with Gasteiger partial charge in [0.1, 0.15) is 18.0 Å². The number of piperidine rings is 1. The number of nitrogens with one attached hydrogen (secondary N) is 3. The van der Waals surface area contributed by atoms with Gasteiger partial charge in [-0.15, -0.1) is 0 Å². The van der Waals surface area contributed by atoms with E-state index in [9.17, 15) is 5.26 Å². The summed E-state index contributed by atoms with van der Waals surface area (Å²) in [5.74, 6) is 0.770. The first-order valence-electron chi connectivity index (χ1n) is 10.6. The van der Waals surface area contributed by atoms with Gasteiger partial charge >= 0.3 is 0 Å². The number of nitrogen functional groups attached to an aromatic ring is 1. The number of hydrogen-bond acceptors (Lipinski definition) is 8. The predicted molar refractivity (Wildman–Crippen MR) is 127 cm³/mol. The summed E-state index contributed by atoms with van der Waals surface area (Å²) < 4.78 is 0. The number of aromatic nitrogens is 2. The van der Waals surface area contributed by atoms with Gasteiger partial charge in [-0.1, -0.05) is 30.3 Å². The molecule has 1 aliphatic rings. The third kappa shape index (κ3) is 4.62. The average molecular weight is 427 g/mol. The van der Waals surface area contributed by atoms with Crippen molar-refractivity contribution in [3.63, 3.8) is 0 Å². The number of rotatable bonds is 6. The first-order valence-corrected chi connectivity index (χ1v) is 10.6. The molecule has 1 saturated heterocycles. The zero-order chi connectivity index (χ0) is 22.5. The van der Waals surface area contributed by atoms with Crippen LogP contribution in [0.4, 0.5) is 23.0 Å². The number of nitrogens with two attached hydrogens (primary N) is 1. The molecular weight excluding hydrogens is 400 g/mol. The third-order valence-corrected chi connectivity index (χ3v) is 5.71. The Morgan fingerprint density at radius 2 is 1.81 bits per heavy atom. The fourth-order valence-corrected chi connectivity index (χ4v) is 3.87. The van der Waals surface area contributed by atoms with Crippen LogP contribution >= 0.6 is 0 Å². The molecule has 8 nitrogen and oxygen atoms in total. The van der Waals surface area contributed by atoms with Gasteiger partial charge in [0.05, 0.1) is 11.3 Å². The maximum Gasteiger partial charge on any atom is 0.179 e. The molecule has 2 unspecified atom stereocenters. The number of nitrogens with zero attached hydrogens (tertiary/aromatic N) is 4. The molecule has 0 aliphatic carbocycles. The Morgan fingerprint density at radius 3 is 2.53 bits per heavy atom. The number of likely N-dealkylation sites (tertiary alicyclic amines) is 1. The lowest BCUT2D eigenvalue weighted by Gasteiger charge is -2.35. The topological polar surface area (TPSA) is 127 Å². The number of anilines is 4. The van der Waals surface area contributed by atoms with Crippen LogP contribution in [0.3, 0.4) is 0 Å². The molecule has 0 saturated carbocycles. The van der Waals surface area contributed by atoms with Gasteiger partial charge in [-0.25, -0.2) is 9.97 Å². The second-order valence-corrected chi connectivity index (χ2v) is 7.95. The lowest BCUT2D eigenvalue weighted by molar-refractivity contribution is 0.226. The van der Waals surface area contributed by atoms with E-state index in [-0.39, 0.29) is 23.6 Å². The van der Waals surface area contributed by atoms with Crippen molar-refractivity contribution in [2.24, 2.45) is 0 Å². The standard InChI is InChI=1S/C24H26N8/c1-16-7-10-20(13-32(16)14-25)31-24-21(23(27)28-15-29-24)22(26)17-8-11-19(12-9-17)30-18-5-3-2-4-6-18/h2-6,8-9,11-12,15-16,20,26,30H,7,10,13H2,1H3,(H3,27,28,29,31). The summed E-state index contributed by atoms with van der Waals surface area (Å²) in [5, 5.41) is 24.9. The minimum Gasteiger partial charge on any atom is -0.383 e. The van der Waals surface area contributed by atoms with E-state index in [1.54, 1.807) is 4.90 Å². The number of nitriles is 1. The summed E-state index contributed by atoms with van der Waals surface area (Å²) in [4.78, 5) is 10.2. The van der Waals surface area contributed by atoms with Crippen LogP contribution in [-0.4, -0.2) is 39.2 Å². The number of para-hydroxylation sites is 1. The summed E-state index contributed by atoms with van der Waals surface area (Å²) in [5.41, 5.74) is 9.52. The van der Waals surface area contributed by atoms with Gasteiger partial charge in [-0.2, -0.15) is 5.26 Å². The molecule has 3 aromatic rings. The smallest absolute Gasteiger partial charge is 0.179 e. The molecule has 0 spiro atoms. The van der Waals surface area contributed by atoms with Crippen LogP contribution < -0.4 is 16.4 Å². The largest absolute Gasteiger partial charge is 0.383 e. The van der Waals surface area contributed by atoms with Gasteiger partial charge < -0.3 is 21.3 Å². The van der Waals surface area contributed by atoms with Crippen LogP contribution in [0, 0.1) is 16.9 Å². The molecule has 1 fully saturated rings. The predicted octanol–water partition coefficient (Wildman–Crippen LogP) is 3.96. The normalized spacial score (nSPS) is 17.9. The van der Waals surface area contributed by atoms with E-state index in [4.69, 9.17) is 11.1 Å². The van der Waals surface area contributed by atoms with E-state index in [0.717, 1.165) is 24.2 Å². The third-order valence-electron chi connectivity index (χ3n) is 5.71. The first kappa shape index (κ1) is 21.1. The minimum absolute atomic E-state index is 0.0455. The molecule has 0 amide bonds. The van der Waals surface area contributed by atoms with Crippen LogP contribution in [0.5, 0.6) is 0 Å². The van der Waals surface area contributed by atoms with Gasteiger partial charge in [0.15, 0.2) is 6.19 Å². The fraction of sp³-hybridized carbons (Fsp3) is 0.250. The summed E-state index contributed by atoms with van der Waals surface area (Å²) in [6.07, 6.45) is 5.48. The summed E-state index contributed by atoms with van der Waals surface area (Å²) >= 11 is 0. The Bertz CT molecular complexity index is 1120. The molecular formula is C24H26N8. The quantitative estimate of drug-likeness (QED) is 0.347. The van der Waals surface area contributed by atoms with Gasteiger partial charge in [0, 0.05) is 35.6 Å². The average Bonchev–Trinajstić information content (AvgIpc) is 2.81. The maximum atomic E-state index is 9.36. The van der Waals surface area contributed by atoms with Gasteiger partial charge in [-0.3, -0.25) is 5.41 Å². The highest BCUT2D eigenvalue weighted by molar-refractivity contribution is 6.16. The van der Waals surface area contributed by atoms with Gasteiger partial charge in [-0.05, 0) is 44.0 Å². The Kier molecular flexibility index (Phi) is 6.17. The molecule has 32 heavy (non-hydrogen) atoms. The van der Waals surface area contributed by atoms with Crippen molar-refractivity contribution in [2.45, 2.75) is 31.8 Å². The van der Waals surface area contributed by atoms with Crippen molar-refractivity contribution in [2.75, 3.05) is 22.9 Å². The highest BCUT2D eigenvalue weighted by atomic mass is 15.2. The van der Waals surface area contributed by atoms with Gasteiger partial charge in [0.2, 0.25) is 0 Å². The van der Waals surface area contributed by atoms with Crippen LogP contribution in [0.25, 0.3) is 0 Å². The van der Waals surface area contributed by atoms with Crippen LogP contribution in [0.15, 0.2) is 60.9 Å². The zero-order valence-electron chi connectivity index (χ0n) is 17.9. The highest BCUT2D eigenvalue weighted by Gasteiger charge is 2.26. The lowest BCUT2D eigenvalue weighted by atomic mass is 9.99. The molecule has 1 aliphatic heterocycles. The fourth-order valence-electron chi connectivity index (χ4n) is 3.87. The molecule has 2 atom stereocenters. The van der Waals surface area contributed by atoms with Crippen molar-refractivity contribution < 1.29 is 0 Å². The van der Waals surface area contributed by atoms with Crippen molar-refractivity contribution >= 4 is 28.7 Å². The van der Waals surface area contributed by atoms with Crippen LogP contribution in [-0.2, 0) is 0 Å². The second kappa shape index (κ2) is 9.35. The molecule has 5 N–H and O–H groups in total. The summed E-state index contributed by atoms with van der Waals surface area (Å²) in [7, 11) is 0. The molecule has 162 valence electrons. The Hall–Kier alpha value is -4.12. The van der Waals surface area contributed by atoms with Crippen LogP contribution in [0.2, 0.25) is 0 Å². The van der Waals surface area contributed by atoms with E-state index in [1.165, 1.54) is 6.33 Å². The lowest BCUT2D eigenvalue weighted by Crippen LogP contribution is -2.44. The second-order valence-electron chi connectivity index (χ2n) is 7.95. The molecule has 0 bridgehead atoms. The Balaban J connectivity index is 1.53. The summed E-state index contributed by atoms with van der Waals surface area (Å²) in [6.45, 7) is 2.65. The molecule has 2 heterocycles. The van der Waals surface area contributed by atoms with E-state index in [0.29, 0.717) is 23.5 Å². The van der Waals surface area contributed by atoms with Crippen molar-refractivity contribution in [1.29, 1.82) is 10.7 Å². The number of benzene rings is 2. The molecule has 0 radical (unpaired) electrons. The van der Waals surface area contributed by atoms with E-state index in [1.807, 2.05) is 54.6 Å². The van der Waals surface area contributed by atoms with Crippen molar-refractivity contribution in [3.8, 4) is 6.19 Å². The molecule has 1 aromatic heterocycles. The zero-order valence-corrected chi connectivity index (χ0v) is 17.9. The highest BCUT2D eigenvalue weighted by Crippen LogP contribution is 2.26. The van der Waals surface area contributed by atoms with E-state index >= 15 is 0 Å². The Morgan fingerprint density at radius 1 is 1.09 bits per heavy atom. The number of hydrogen-bond donors (Lipinski definition) is 4. The molecule has 2 aromatic carbocycles. The minimum atomic E-state index is 0.0455. The maximum absolute atomic E-state index is 9.36. The molecule has 8 heteroatoms. The van der Waals surface area contributed by atoms with Gasteiger partial charge in [0.25, 0.3) is 0 Å². The summed E-state index contributed by atoms with van der Waals surface area (Å²) in [6, 6.07) is 17.8. The van der Waals surface area contributed by atoms with Crippen LogP contribution in [0.1, 0.15) is 30.9 Å². The Labute approximate surface area is 187 Å². The SMILES string of the molecule is CC1CCC(Nc2ncnc(N)c2C(=N)c2ccc(Nc3ccccc3)cc2)CN1C#N. The first-order chi connectivity index (χ1) is 15.5. The van der Waals surface area contributed by atoms with E-state index < -0.39 is 0 Å². The monoisotopic (exact) mass is 426 g/mol. The van der Waals surface area contributed by atoms with Crippen molar-refractivity contribution in [1.82, 2.24) is 14.9 Å². The van der Waals surface area contributed by atoms with Crippen molar-refractivity contribution in [3.05, 3.63) is 72.1 Å². The van der Waals surface area contributed by atoms with E-state index in [2.05, 4.69) is 33.7 Å².